The van der Waals surface area contributed by atoms with Crippen molar-refractivity contribution in [3.8, 4) is 11.6 Å². The first-order chi connectivity index (χ1) is 9.11. The molecule has 6 nitrogen and oxygen atoms in total. The monoisotopic (exact) mass is 261 g/mol. The summed E-state index contributed by atoms with van der Waals surface area (Å²) in [6.45, 7) is 4.57. The summed E-state index contributed by atoms with van der Waals surface area (Å²) in [6.07, 6.45) is 2.47. The zero-order chi connectivity index (χ0) is 13.8. The van der Waals surface area contributed by atoms with Crippen LogP contribution in [-0.4, -0.2) is 26.1 Å². The third kappa shape index (κ3) is 2.90. The van der Waals surface area contributed by atoms with Gasteiger partial charge in [0.2, 0.25) is 5.88 Å². The van der Waals surface area contributed by atoms with Crippen molar-refractivity contribution in [2.75, 3.05) is 0 Å². The number of carboxylic acids is 1. The Kier molecular flexibility index (Phi) is 3.79. The van der Waals surface area contributed by atoms with E-state index in [1.165, 1.54) is 6.07 Å². The van der Waals surface area contributed by atoms with E-state index in [1.807, 2.05) is 6.92 Å². The van der Waals surface area contributed by atoms with Crippen molar-refractivity contribution in [1.82, 2.24) is 15.0 Å². The molecule has 0 fully saturated rings. The number of hydrogen-bond donors (Lipinski definition) is 1. The van der Waals surface area contributed by atoms with E-state index in [9.17, 15) is 4.79 Å². The van der Waals surface area contributed by atoms with E-state index in [2.05, 4.69) is 10.3 Å². The molecule has 0 saturated heterocycles. The van der Waals surface area contributed by atoms with Crippen LogP contribution in [0.25, 0.3) is 0 Å². The first-order valence-electron chi connectivity index (χ1n) is 6.02. The van der Waals surface area contributed by atoms with Gasteiger partial charge in [0.05, 0.1) is 5.56 Å². The number of benzene rings is 1. The smallest absolute Gasteiger partial charge is 0.335 e. The molecule has 2 aromatic rings. The van der Waals surface area contributed by atoms with Crippen molar-refractivity contribution in [2.24, 2.45) is 0 Å². The second-order valence-corrected chi connectivity index (χ2v) is 4.18. The average molecular weight is 261 g/mol. The van der Waals surface area contributed by atoms with Crippen molar-refractivity contribution >= 4 is 5.97 Å². The van der Waals surface area contributed by atoms with Crippen LogP contribution in [-0.2, 0) is 6.54 Å². The fourth-order valence-corrected chi connectivity index (χ4v) is 1.70. The lowest BCUT2D eigenvalue weighted by molar-refractivity contribution is 0.0697. The van der Waals surface area contributed by atoms with Crippen LogP contribution >= 0.6 is 0 Å². The predicted molar refractivity (Wildman–Crippen MR) is 68.5 cm³/mol. The fourth-order valence-electron chi connectivity index (χ4n) is 1.70. The lowest BCUT2D eigenvalue weighted by Gasteiger charge is -2.09. The molecule has 0 aliphatic carbocycles. The maximum atomic E-state index is 10.9. The van der Waals surface area contributed by atoms with Crippen molar-refractivity contribution in [1.29, 1.82) is 0 Å². The van der Waals surface area contributed by atoms with Crippen LogP contribution in [0.1, 0.15) is 29.3 Å². The highest BCUT2D eigenvalue weighted by atomic mass is 16.5. The van der Waals surface area contributed by atoms with Gasteiger partial charge in [0.15, 0.2) is 0 Å². The lowest BCUT2D eigenvalue weighted by Crippen LogP contribution is -2.03. The van der Waals surface area contributed by atoms with E-state index < -0.39 is 5.97 Å². The summed E-state index contributed by atoms with van der Waals surface area (Å²) >= 11 is 0. The van der Waals surface area contributed by atoms with Crippen LogP contribution in [0.3, 0.4) is 0 Å². The largest absolute Gasteiger partial charge is 0.478 e. The standard InChI is InChI=1S/C13H15N3O3/c1-3-6-16-12(8-14-15-16)19-11-5-4-10(13(17)18)7-9(11)2/h4-5,7-8H,3,6H2,1-2H3,(H,17,18). The zero-order valence-electron chi connectivity index (χ0n) is 10.8. The normalized spacial score (nSPS) is 10.4. The number of nitrogens with zero attached hydrogens (tertiary/aromatic N) is 3. The molecule has 0 spiro atoms. The van der Waals surface area contributed by atoms with Crippen LogP contribution < -0.4 is 4.74 Å². The molecule has 0 atom stereocenters. The van der Waals surface area contributed by atoms with Crippen LogP contribution in [0.5, 0.6) is 11.6 Å². The van der Waals surface area contributed by atoms with Gasteiger partial charge in [0, 0.05) is 6.54 Å². The highest BCUT2D eigenvalue weighted by molar-refractivity contribution is 5.88. The van der Waals surface area contributed by atoms with Crippen molar-refractivity contribution in [3.63, 3.8) is 0 Å². The molecule has 1 heterocycles. The molecule has 0 bridgehead atoms. The van der Waals surface area contributed by atoms with E-state index in [1.54, 1.807) is 29.9 Å². The Balaban J connectivity index is 2.23. The Morgan fingerprint density at radius 1 is 1.47 bits per heavy atom. The van der Waals surface area contributed by atoms with Gasteiger partial charge in [0.1, 0.15) is 11.9 Å². The summed E-state index contributed by atoms with van der Waals surface area (Å²) in [5.74, 6) is 0.199. The van der Waals surface area contributed by atoms with Crippen molar-refractivity contribution in [3.05, 3.63) is 35.5 Å². The van der Waals surface area contributed by atoms with Gasteiger partial charge in [-0.15, -0.1) is 5.10 Å². The molecule has 6 heteroatoms. The maximum Gasteiger partial charge on any atom is 0.335 e. The summed E-state index contributed by atoms with van der Waals surface area (Å²) in [6, 6.07) is 4.73. The highest BCUT2D eigenvalue weighted by Crippen LogP contribution is 2.25. The van der Waals surface area contributed by atoms with Gasteiger partial charge in [-0.2, -0.15) is 0 Å². The van der Waals surface area contributed by atoms with E-state index in [-0.39, 0.29) is 5.56 Å². The lowest BCUT2D eigenvalue weighted by atomic mass is 10.1. The minimum absolute atomic E-state index is 0.241. The topological polar surface area (TPSA) is 77.2 Å². The molecular formula is C13H15N3O3. The van der Waals surface area contributed by atoms with Gasteiger partial charge >= 0.3 is 5.97 Å². The number of ether oxygens (including phenoxy) is 1. The van der Waals surface area contributed by atoms with E-state index >= 15 is 0 Å². The highest BCUT2D eigenvalue weighted by Gasteiger charge is 2.10. The Morgan fingerprint density at radius 3 is 2.89 bits per heavy atom. The Bertz CT molecular complexity index is 593. The van der Waals surface area contributed by atoms with Gasteiger partial charge < -0.3 is 9.84 Å². The Labute approximate surface area is 110 Å². The molecule has 0 saturated carbocycles. The number of aromatic carboxylic acids is 1. The fraction of sp³-hybridized carbons (Fsp3) is 0.308. The van der Waals surface area contributed by atoms with Crippen molar-refractivity contribution < 1.29 is 14.6 Å². The van der Waals surface area contributed by atoms with E-state index in [0.29, 0.717) is 11.6 Å². The second kappa shape index (κ2) is 5.51. The number of aryl methyl sites for hydroxylation is 2. The molecule has 2 rings (SSSR count). The van der Waals surface area contributed by atoms with Gasteiger partial charge in [-0.25, -0.2) is 9.48 Å². The molecule has 1 aromatic heterocycles. The molecule has 0 aliphatic heterocycles. The van der Waals surface area contributed by atoms with Crippen LogP contribution in [0, 0.1) is 6.92 Å². The Hall–Kier alpha value is -2.37. The van der Waals surface area contributed by atoms with E-state index in [4.69, 9.17) is 9.84 Å². The minimum atomic E-state index is -0.952. The predicted octanol–water partition coefficient (Wildman–Crippen LogP) is 2.49. The van der Waals surface area contributed by atoms with Crippen LogP contribution in [0.4, 0.5) is 0 Å². The second-order valence-electron chi connectivity index (χ2n) is 4.18. The first kappa shape index (κ1) is 13.1. The summed E-state index contributed by atoms with van der Waals surface area (Å²) in [4.78, 5) is 10.9. The minimum Gasteiger partial charge on any atom is -0.478 e. The molecule has 0 aliphatic rings. The summed E-state index contributed by atoms with van der Waals surface area (Å²) in [5.41, 5.74) is 0.995. The van der Waals surface area contributed by atoms with Crippen LogP contribution in [0.2, 0.25) is 0 Å². The quantitative estimate of drug-likeness (QED) is 0.894. The number of carboxylic acid groups (broad SMARTS) is 1. The number of aromatic nitrogens is 3. The summed E-state index contributed by atoms with van der Waals surface area (Å²) in [5, 5.41) is 16.6. The maximum absolute atomic E-state index is 10.9. The van der Waals surface area contributed by atoms with Gasteiger partial charge in [0.25, 0.3) is 0 Å². The van der Waals surface area contributed by atoms with Crippen LogP contribution in [0.15, 0.2) is 24.4 Å². The van der Waals surface area contributed by atoms with Crippen molar-refractivity contribution in [2.45, 2.75) is 26.8 Å². The Morgan fingerprint density at radius 2 is 2.26 bits per heavy atom. The molecular weight excluding hydrogens is 246 g/mol. The molecule has 0 radical (unpaired) electrons. The third-order valence-electron chi connectivity index (χ3n) is 2.65. The number of carbonyl (C=O) groups is 1. The number of rotatable bonds is 5. The SMILES string of the molecule is CCCn1nncc1Oc1ccc(C(=O)O)cc1C. The molecule has 0 unspecified atom stereocenters. The molecule has 100 valence electrons. The third-order valence-corrected chi connectivity index (χ3v) is 2.65. The zero-order valence-corrected chi connectivity index (χ0v) is 10.8. The molecule has 0 amide bonds. The van der Waals surface area contributed by atoms with E-state index in [0.717, 1.165) is 18.5 Å². The van der Waals surface area contributed by atoms with Gasteiger partial charge in [-0.3, -0.25) is 0 Å². The van der Waals surface area contributed by atoms with Gasteiger partial charge in [-0.05, 0) is 37.1 Å². The molecule has 1 aromatic carbocycles. The average Bonchev–Trinajstić information content (AvgIpc) is 2.79. The molecule has 19 heavy (non-hydrogen) atoms. The number of hydrogen-bond acceptors (Lipinski definition) is 4. The summed E-state index contributed by atoms with van der Waals surface area (Å²) < 4.78 is 7.38. The van der Waals surface area contributed by atoms with Gasteiger partial charge in [-0.1, -0.05) is 12.1 Å². The first-order valence-corrected chi connectivity index (χ1v) is 6.02. The molecule has 1 N–H and O–H groups in total. The summed E-state index contributed by atoms with van der Waals surface area (Å²) in [7, 11) is 0.